The minimum absolute atomic E-state index is 0.522. The van der Waals surface area contributed by atoms with Crippen LogP contribution in [-0.2, 0) is 13.1 Å². The number of fused-ring (bicyclic) bond motifs is 1. The van der Waals surface area contributed by atoms with Gasteiger partial charge in [0.05, 0.1) is 0 Å². The van der Waals surface area contributed by atoms with Crippen molar-refractivity contribution in [3.8, 4) is 0 Å². The summed E-state index contributed by atoms with van der Waals surface area (Å²) in [6, 6.07) is 10.7. The third-order valence-electron chi connectivity index (χ3n) is 5.44. The van der Waals surface area contributed by atoms with E-state index in [1.54, 1.807) is 0 Å². The van der Waals surface area contributed by atoms with Crippen molar-refractivity contribution in [3.63, 3.8) is 0 Å². The molecule has 2 aromatic rings. The van der Waals surface area contributed by atoms with Gasteiger partial charge in [-0.3, -0.25) is 0 Å². The molecule has 2 N–H and O–H groups in total. The molecule has 0 saturated carbocycles. The quantitative estimate of drug-likeness (QED) is 0.724. The molecule has 0 unspecified atom stereocenters. The van der Waals surface area contributed by atoms with Gasteiger partial charge in [-0.05, 0) is 48.5 Å². The van der Waals surface area contributed by atoms with Gasteiger partial charge in [-0.2, -0.15) is 9.97 Å². The predicted octanol–water partition coefficient (Wildman–Crippen LogP) is 3.93. The van der Waals surface area contributed by atoms with Gasteiger partial charge in [-0.25, -0.2) is 0 Å². The summed E-state index contributed by atoms with van der Waals surface area (Å²) >= 11 is 5.46. The van der Waals surface area contributed by atoms with Crippen LogP contribution in [0.15, 0.2) is 30.3 Å². The molecule has 1 aromatic carbocycles. The summed E-state index contributed by atoms with van der Waals surface area (Å²) in [5.74, 6) is 3.03. The topological polar surface area (TPSA) is 56.3 Å². The minimum Gasteiger partial charge on any atom is -0.362 e. The second-order valence-electron chi connectivity index (χ2n) is 8.31. The number of piperidine rings is 1. The summed E-state index contributed by atoms with van der Waals surface area (Å²) < 4.78 is 0. The number of rotatable bonds is 5. The number of thiocarbonyl (C=S) groups is 1. The molecule has 0 radical (unpaired) electrons. The van der Waals surface area contributed by atoms with E-state index in [4.69, 9.17) is 22.2 Å². The molecule has 1 fully saturated rings. The SMILES string of the molecule is CC(C)CNC(=S)Nc1nc(N2CCCCC2)cc(N2Cc3ccccc3C2)n1. The van der Waals surface area contributed by atoms with E-state index in [9.17, 15) is 0 Å². The van der Waals surface area contributed by atoms with E-state index in [1.165, 1.54) is 30.4 Å². The maximum absolute atomic E-state index is 5.46. The van der Waals surface area contributed by atoms with Gasteiger partial charge in [0.2, 0.25) is 5.95 Å². The Kier molecular flexibility index (Phi) is 6.13. The van der Waals surface area contributed by atoms with Gasteiger partial charge < -0.3 is 20.4 Å². The van der Waals surface area contributed by atoms with Gasteiger partial charge in [0.25, 0.3) is 0 Å². The summed E-state index contributed by atoms with van der Waals surface area (Å²) in [6.45, 7) is 8.99. The second kappa shape index (κ2) is 8.95. The van der Waals surface area contributed by atoms with Crippen LogP contribution in [0.25, 0.3) is 0 Å². The molecule has 1 saturated heterocycles. The van der Waals surface area contributed by atoms with Crippen molar-refractivity contribution in [2.45, 2.75) is 46.2 Å². The Hall–Kier alpha value is -2.41. The summed E-state index contributed by atoms with van der Waals surface area (Å²) in [6.07, 6.45) is 3.72. The molecule has 7 heteroatoms. The molecule has 0 bridgehead atoms. The Bertz CT molecular complexity index is 837. The van der Waals surface area contributed by atoms with Crippen molar-refractivity contribution in [2.75, 3.05) is 34.8 Å². The first-order valence-electron chi connectivity index (χ1n) is 10.6. The molecule has 29 heavy (non-hydrogen) atoms. The summed E-state index contributed by atoms with van der Waals surface area (Å²) in [4.78, 5) is 14.3. The predicted molar refractivity (Wildman–Crippen MR) is 123 cm³/mol. The Morgan fingerprint density at radius 2 is 1.62 bits per heavy atom. The lowest BCUT2D eigenvalue weighted by atomic mass is 10.1. The van der Waals surface area contributed by atoms with Crippen LogP contribution in [0, 0.1) is 5.92 Å². The summed E-state index contributed by atoms with van der Waals surface area (Å²) in [5.41, 5.74) is 2.74. The van der Waals surface area contributed by atoms with E-state index < -0.39 is 0 Å². The normalized spacial score (nSPS) is 16.1. The van der Waals surface area contributed by atoms with Gasteiger partial charge in [-0.15, -0.1) is 0 Å². The Labute approximate surface area is 178 Å². The average molecular weight is 411 g/mol. The molecule has 1 aromatic heterocycles. The van der Waals surface area contributed by atoms with Crippen LogP contribution in [0.4, 0.5) is 17.6 Å². The zero-order chi connectivity index (χ0) is 20.2. The maximum atomic E-state index is 5.46. The lowest BCUT2D eigenvalue weighted by molar-refractivity contribution is 0.573. The van der Waals surface area contributed by atoms with Crippen LogP contribution in [0.5, 0.6) is 0 Å². The summed E-state index contributed by atoms with van der Waals surface area (Å²) in [5, 5.41) is 7.03. The fraction of sp³-hybridized carbons (Fsp3) is 0.500. The first kappa shape index (κ1) is 19.9. The highest BCUT2D eigenvalue weighted by molar-refractivity contribution is 7.80. The Morgan fingerprint density at radius 3 is 2.24 bits per heavy atom. The van der Waals surface area contributed by atoms with E-state index in [-0.39, 0.29) is 0 Å². The fourth-order valence-corrected chi connectivity index (χ4v) is 4.04. The minimum atomic E-state index is 0.522. The molecular weight excluding hydrogens is 380 g/mol. The molecule has 0 amide bonds. The lowest BCUT2D eigenvalue weighted by Gasteiger charge is -2.29. The number of hydrogen-bond donors (Lipinski definition) is 2. The standard InChI is InChI=1S/C22H30N6S/c1-16(2)13-23-22(29)26-21-24-19(27-10-6-3-7-11-27)12-20(25-21)28-14-17-8-4-5-9-18(17)15-28/h4-5,8-9,12,16H,3,6-7,10-11,13-15H2,1-2H3,(H2,23,24,25,26,29). The second-order valence-corrected chi connectivity index (χ2v) is 8.72. The van der Waals surface area contributed by atoms with Crippen molar-refractivity contribution in [2.24, 2.45) is 5.92 Å². The van der Waals surface area contributed by atoms with Crippen LogP contribution < -0.4 is 20.4 Å². The van der Waals surface area contributed by atoms with Crippen LogP contribution in [0.2, 0.25) is 0 Å². The van der Waals surface area contributed by atoms with E-state index in [0.717, 1.165) is 44.4 Å². The van der Waals surface area contributed by atoms with E-state index in [1.807, 2.05) is 0 Å². The number of aromatic nitrogens is 2. The van der Waals surface area contributed by atoms with E-state index >= 15 is 0 Å². The third-order valence-corrected chi connectivity index (χ3v) is 5.69. The molecule has 2 aliphatic heterocycles. The fourth-order valence-electron chi connectivity index (χ4n) is 3.86. The van der Waals surface area contributed by atoms with Gasteiger partial charge >= 0.3 is 0 Å². The van der Waals surface area contributed by atoms with Crippen LogP contribution in [-0.4, -0.2) is 34.7 Å². The summed E-state index contributed by atoms with van der Waals surface area (Å²) in [7, 11) is 0. The van der Waals surface area contributed by atoms with Crippen molar-refractivity contribution < 1.29 is 0 Å². The smallest absolute Gasteiger partial charge is 0.232 e. The third kappa shape index (κ3) is 4.96. The molecule has 0 spiro atoms. The van der Waals surface area contributed by atoms with E-state index in [2.05, 4.69) is 64.6 Å². The maximum Gasteiger partial charge on any atom is 0.232 e. The lowest BCUT2D eigenvalue weighted by Crippen LogP contribution is -2.33. The highest BCUT2D eigenvalue weighted by Gasteiger charge is 2.22. The molecule has 154 valence electrons. The number of nitrogens with zero attached hydrogens (tertiary/aromatic N) is 4. The van der Waals surface area contributed by atoms with Crippen LogP contribution in [0.3, 0.4) is 0 Å². The Morgan fingerprint density at radius 1 is 1.00 bits per heavy atom. The Balaban J connectivity index is 1.57. The number of anilines is 3. The van der Waals surface area contributed by atoms with Crippen molar-refractivity contribution in [1.29, 1.82) is 0 Å². The first-order valence-corrected chi connectivity index (χ1v) is 11.0. The van der Waals surface area contributed by atoms with Crippen molar-refractivity contribution in [1.82, 2.24) is 15.3 Å². The molecule has 6 nitrogen and oxygen atoms in total. The largest absolute Gasteiger partial charge is 0.362 e. The average Bonchev–Trinajstić information content (AvgIpc) is 3.17. The first-order chi connectivity index (χ1) is 14.1. The molecule has 0 aliphatic carbocycles. The molecule has 4 rings (SSSR count). The molecule has 0 atom stereocenters. The van der Waals surface area contributed by atoms with Gasteiger partial charge in [0.1, 0.15) is 11.6 Å². The van der Waals surface area contributed by atoms with Gasteiger partial charge in [0.15, 0.2) is 5.11 Å². The molecular formula is C22H30N6S. The van der Waals surface area contributed by atoms with Crippen LogP contribution in [0.1, 0.15) is 44.2 Å². The number of benzene rings is 1. The number of hydrogen-bond acceptors (Lipinski definition) is 5. The van der Waals surface area contributed by atoms with Crippen molar-refractivity contribution in [3.05, 3.63) is 41.5 Å². The monoisotopic (exact) mass is 410 g/mol. The van der Waals surface area contributed by atoms with Gasteiger partial charge in [-0.1, -0.05) is 38.1 Å². The zero-order valence-electron chi connectivity index (χ0n) is 17.3. The van der Waals surface area contributed by atoms with Crippen molar-refractivity contribution >= 4 is 34.9 Å². The molecule has 2 aliphatic rings. The zero-order valence-corrected chi connectivity index (χ0v) is 18.1. The molecule has 3 heterocycles. The van der Waals surface area contributed by atoms with Gasteiger partial charge in [0, 0.05) is 38.8 Å². The highest BCUT2D eigenvalue weighted by atomic mass is 32.1. The number of nitrogens with one attached hydrogen (secondary N) is 2. The highest BCUT2D eigenvalue weighted by Crippen LogP contribution is 2.30. The van der Waals surface area contributed by atoms with E-state index in [0.29, 0.717) is 17.0 Å². The van der Waals surface area contributed by atoms with Crippen LogP contribution >= 0.6 is 12.2 Å².